The number of carbonyl (C=O) groups excluding carboxylic acids is 1. The van der Waals surface area contributed by atoms with Crippen molar-refractivity contribution in [3.8, 4) is 5.75 Å². The molecule has 33 heavy (non-hydrogen) atoms. The van der Waals surface area contributed by atoms with Crippen molar-refractivity contribution >= 4 is 11.6 Å². The molecule has 1 aromatic carbocycles. The fourth-order valence-corrected chi connectivity index (χ4v) is 3.43. The first-order valence-electron chi connectivity index (χ1n) is 10.2. The molecule has 1 N–H and O–H groups in total. The van der Waals surface area contributed by atoms with Gasteiger partial charge in [0, 0.05) is 37.8 Å². The number of aryl methyl sites for hydroxylation is 2. The number of hydrogen-bond donors (Lipinski definition) is 1. The van der Waals surface area contributed by atoms with Gasteiger partial charge >= 0.3 is 0 Å². The lowest BCUT2D eigenvalue weighted by molar-refractivity contribution is 0.0852. The van der Waals surface area contributed by atoms with Gasteiger partial charge in [0.2, 0.25) is 5.56 Å². The van der Waals surface area contributed by atoms with Gasteiger partial charge in [-0.3, -0.25) is 9.59 Å². The van der Waals surface area contributed by atoms with E-state index in [2.05, 4.69) is 20.4 Å². The predicted molar refractivity (Wildman–Crippen MR) is 118 cm³/mol. The average Bonchev–Trinajstić information content (AvgIpc) is 3.30. The summed E-state index contributed by atoms with van der Waals surface area (Å²) in [6, 6.07) is 9.12. The molecule has 9 nitrogen and oxygen atoms in total. The molecule has 2 aromatic heterocycles. The Morgan fingerprint density at radius 1 is 1.27 bits per heavy atom. The Hall–Kier alpha value is -4.08. The molecule has 0 bridgehead atoms. The number of carbonyl (C=O) groups is 1. The highest BCUT2D eigenvalue weighted by Crippen LogP contribution is 2.28. The monoisotopic (exact) mass is 451 g/mol. The van der Waals surface area contributed by atoms with Crippen molar-refractivity contribution in [3.05, 3.63) is 87.1 Å². The maximum absolute atomic E-state index is 13.6. The van der Waals surface area contributed by atoms with Gasteiger partial charge in [0.25, 0.3) is 5.91 Å². The maximum Gasteiger partial charge on any atom is 0.270 e. The van der Waals surface area contributed by atoms with E-state index < -0.39 is 11.7 Å². The van der Waals surface area contributed by atoms with Crippen LogP contribution in [0.4, 0.5) is 4.39 Å². The number of hydrogen-bond acceptors (Lipinski definition) is 7. The Morgan fingerprint density at radius 2 is 2.09 bits per heavy atom. The topological polar surface area (TPSA) is 108 Å². The second kappa shape index (κ2) is 9.19. The van der Waals surface area contributed by atoms with Crippen LogP contribution in [0.25, 0.3) is 0 Å². The Kier molecular flexibility index (Phi) is 6.16. The number of rotatable bonds is 6. The zero-order valence-corrected chi connectivity index (χ0v) is 18.3. The summed E-state index contributed by atoms with van der Waals surface area (Å²) in [5, 5.41) is 6.90. The number of nitrogens with zero attached hydrogens (tertiary/aromatic N) is 4. The predicted octanol–water partition coefficient (Wildman–Crippen LogP) is 2.43. The van der Waals surface area contributed by atoms with Gasteiger partial charge in [-0.05, 0) is 36.8 Å². The van der Waals surface area contributed by atoms with E-state index in [9.17, 15) is 14.0 Å². The van der Waals surface area contributed by atoms with Crippen molar-refractivity contribution in [3.63, 3.8) is 0 Å². The highest BCUT2D eigenvalue weighted by molar-refractivity contribution is 6.02. The molecule has 0 saturated carbocycles. The van der Waals surface area contributed by atoms with Crippen molar-refractivity contribution in [2.24, 2.45) is 12.2 Å². The van der Waals surface area contributed by atoms with E-state index in [1.54, 1.807) is 38.4 Å². The molecule has 4 rings (SSSR count). The summed E-state index contributed by atoms with van der Waals surface area (Å²) >= 11 is 0. The van der Waals surface area contributed by atoms with Gasteiger partial charge in [0.15, 0.2) is 17.7 Å². The summed E-state index contributed by atoms with van der Waals surface area (Å²) < 4.78 is 20.0. The van der Waals surface area contributed by atoms with Crippen molar-refractivity contribution < 1.29 is 18.8 Å². The minimum absolute atomic E-state index is 0.106. The van der Waals surface area contributed by atoms with Gasteiger partial charge in [-0.2, -0.15) is 0 Å². The van der Waals surface area contributed by atoms with Crippen LogP contribution in [-0.4, -0.2) is 33.3 Å². The number of ether oxygens (including phenoxy) is 1. The van der Waals surface area contributed by atoms with Crippen LogP contribution in [0.1, 0.15) is 45.7 Å². The van der Waals surface area contributed by atoms with E-state index in [1.807, 2.05) is 0 Å². The minimum Gasteiger partial charge on any atom is -0.494 e. The molecule has 1 atom stereocenters. The number of aromatic nitrogens is 3. The molecular formula is C23H22FN5O4. The summed E-state index contributed by atoms with van der Waals surface area (Å²) in [6.07, 6.45) is 1.79. The lowest BCUT2D eigenvalue weighted by Gasteiger charge is -2.10. The van der Waals surface area contributed by atoms with E-state index in [4.69, 9.17) is 9.57 Å². The van der Waals surface area contributed by atoms with Crippen LogP contribution < -0.4 is 15.6 Å². The van der Waals surface area contributed by atoms with Gasteiger partial charge in [-0.15, -0.1) is 0 Å². The van der Waals surface area contributed by atoms with Crippen LogP contribution in [0, 0.1) is 12.7 Å². The van der Waals surface area contributed by atoms with Crippen molar-refractivity contribution in [2.45, 2.75) is 26.0 Å². The molecule has 1 aliphatic heterocycles. The van der Waals surface area contributed by atoms with E-state index in [-0.39, 0.29) is 29.7 Å². The smallest absolute Gasteiger partial charge is 0.270 e. The lowest BCUT2D eigenvalue weighted by atomic mass is 10.0. The average molecular weight is 451 g/mol. The Bertz CT molecular complexity index is 1300. The molecule has 0 saturated heterocycles. The molecule has 3 heterocycles. The molecule has 1 amide bonds. The SMILES string of the molecule is COc1cc(CNC(=O)c2cc(C3=NOC(c4ccc(=O)n(C)c4)C3)nc(C)n2)ccc1F. The van der Waals surface area contributed by atoms with Crippen molar-refractivity contribution in [1.82, 2.24) is 19.9 Å². The third kappa shape index (κ3) is 4.89. The summed E-state index contributed by atoms with van der Waals surface area (Å²) in [6.45, 7) is 1.86. The molecule has 3 aromatic rings. The van der Waals surface area contributed by atoms with E-state index in [0.717, 1.165) is 5.56 Å². The van der Waals surface area contributed by atoms with E-state index in [1.165, 1.54) is 29.9 Å². The first kappa shape index (κ1) is 22.1. The van der Waals surface area contributed by atoms with Gasteiger partial charge in [-0.1, -0.05) is 11.2 Å². The van der Waals surface area contributed by atoms with Crippen LogP contribution in [-0.2, 0) is 18.4 Å². The zero-order chi connectivity index (χ0) is 23.5. The fraction of sp³-hybridized carbons (Fsp3) is 0.261. The number of oxime groups is 1. The summed E-state index contributed by atoms with van der Waals surface area (Å²) in [5.41, 5.74) is 2.63. The molecule has 0 spiro atoms. The molecule has 0 fully saturated rings. The van der Waals surface area contributed by atoms with Gasteiger partial charge in [0.1, 0.15) is 17.2 Å². The van der Waals surface area contributed by atoms with Crippen LogP contribution in [0.2, 0.25) is 0 Å². The largest absolute Gasteiger partial charge is 0.494 e. The number of nitrogens with one attached hydrogen (secondary N) is 1. The van der Waals surface area contributed by atoms with E-state index in [0.29, 0.717) is 29.2 Å². The zero-order valence-electron chi connectivity index (χ0n) is 18.3. The number of halogens is 1. The van der Waals surface area contributed by atoms with Crippen molar-refractivity contribution in [2.75, 3.05) is 7.11 Å². The van der Waals surface area contributed by atoms with Crippen LogP contribution >= 0.6 is 0 Å². The van der Waals surface area contributed by atoms with Gasteiger partial charge in [0.05, 0.1) is 12.8 Å². The third-order valence-corrected chi connectivity index (χ3v) is 5.18. The maximum atomic E-state index is 13.6. The standard InChI is InChI=1S/C23H22FN5O4/c1-13-26-17(18-10-20(33-28-18)15-5-7-22(30)29(2)12-15)9-19(27-13)23(31)25-11-14-4-6-16(24)21(8-14)32-3/h4-9,12,20H,10-11H2,1-3H3,(H,25,31). The molecule has 170 valence electrons. The second-order valence-electron chi connectivity index (χ2n) is 7.58. The molecule has 1 aliphatic rings. The lowest BCUT2D eigenvalue weighted by Crippen LogP contribution is -2.25. The van der Waals surface area contributed by atoms with Gasteiger partial charge < -0.3 is 19.5 Å². The second-order valence-corrected chi connectivity index (χ2v) is 7.58. The minimum atomic E-state index is -0.473. The highest BCUT2D eigenvalue weighted by atomic mass is 19.1. The molecular weight excluding hydrogens is 429 g/mol. The van der Waals surface area contributed by atoms with Crippen molar-refractivity contribution in [1.29, 1.82) is 0 Å². The third-order valence-electron chi connectivity index (χ3n) is 5.18. The van der Waals surface area contributed by atoms with Gasteiger partial charge in [-0.25, -0.2) is 14.4 Å². The van der Waals surface area contributed by atoms with E-state index >= 15 is 0 Å². The van der Waals surface area contributed by atoms with Crippen LogP contribution in [0.3, 0.4) is 0 Å². The molecule has 1 unspecified atom stereocenters. The van der Waals surface area contributed by atoms with Crippen LogP contribution in [0.5, 0.6) is 5.75 Å². The summed E-state index contributed by atoms with van der Waals surface area (Å²) in [5.74, 6) is -0.359. The number of amides is 1. The Labute approximate surface area is 188 Å². The fourth-order valence-electron chi connectivity index (χ4n) is 3.43. The molecule has 10 heteroatoms. The first-order valence-corrected chi connectivity index (χ1v) is 10.2. The number of benzene rings is 1. The summed E-state index contributed by atoms with van der Waals surface area (Å²) in [4.78, 5) is 38.5. The normalized spacial score (nSPS) is 15.0. The Morgan fingerprint density at radius 3 is 2.85 bits per heavy atom. The first-order chi connectivity index (χ1) is 15.8. The Balaban J connectivity index is 1.47. The molecule has 0 radical (unpaired) electrons. The van der Waals surface area contributed by atoms with Crippen LogP contribution in [0.15, 0.2) is 52.5 Å². The molecule has 0 aliphatic carbocycles. The number of pyridine rings is 1. The number of methoxy groups -OCH3 is 1. The highest BCUT2D eigenvalue weighted by Gasteiger charge is 2.26. The summed E-state index contributed by atoms with van der Waals surface area (Å²) in [7, 11) is 3.05. The quantitative estimate of drug-likeness (QED) is 0.617.